The van der Waals surface area contributed by atoms with Gasteiger partial charge in [-0.1, -0.05) is 70.5 Å². The lowest BCUT2D eigenvalue weighted by molar-refractivity contribution is 0.765. The molecule has 0 unspecified atom stereocenters. The van der Waals surface area contributed by atoms with E-state index >= 15 is 0 Å². The molecule has 5 rings (SSSR count). The molecule has 0 radical (unpaired) electrons. The van der Waals surface area contributed by atoms with Crippen LogP contribution in [0.1, 0.15) is 22.3 Å². The third-order valence-corrected chi connectivity index (χ3v) is 6.70. The topological polar surface area (TPSA) is 0 Å². The highest BCUT2D eigenvalue weighted by atomic mass is 79.9. The molecule has 4 aromatic carbocycles. The molecule has 3 heteroatoms. The maximum Gasteiger partial charge on any atom is 0.0713 e. The van der Waals surface area contributed by atoms with Gasteiger partial charge < -0.3 is 0 Å². The van der Waals surface area contributed by atoms with Gasteiger partial charge in [-0.2, -0.15) is 0 Å². The van der Waals surface area contributed by atoms with E-state index in [9.17, 15) is 0 Å². The lowest BCUT2D eigenvalue weighted by atomic mass is 9.68. The number of fused-ring (bicyclic) bond motifs is 3. The van der Waals surface area contributed by atoms with E-state index in [1.165, 1.54) is 33.4 Å². The molecule has 0 spiro atoms. The van der Waals surface area contributed by atoms with E-state index in [0.717, 1.165) is 14.3 Å². The summed E-state index contributed by atoms with van der Waals surface area (Å²) in [6.07, 6.45) is 0. The van der Waals surface area contributed by atoms with Gasteiger partial charge in [0.2, 0.25) is 0 Å². The van der Waals surface area contributed by atoms with Gasteiger partial charge in [0.05, 0.1) is 5.41 Å². The van der Waals surface area contributed by atoms with E-state index in [4.69, 9.17) is 0 Å². The number of hydrogen-bond donors (Lipinski definition) is 2. The summed E-state index contributed by atoms with van der Waals surface area (Å²) in [6, 6.07) is 32.4. The zero-order valence-electron chi connectivity index (χ0n) is 14.9. The highest BCUT2D eigenvalue weighted by Gasteiger charge is 2.45. The second-order valence-electron chi connectivity index (χ2n) is 7.08. The van der Waals surface area contributed by atoms with Crippen molar-refractivity contribution >= 4 is 41.2 Å². The van der Waals surface area contributed by atoms with Crippen molar-refractivity contribution in [3.63, 3.8) is 0 Å². The van der Waals surface area contributed by atoms with Crippen molar-refractivity contribution in [1.82, 2.24) is 0 Å². The van der Waals surface area contributed by atoms with E-state index in [0.29, 0.717) is 0 Å². The van der Waals surface area contributed by atoms with Crippen LogP contribution in [0.5, 0.6) is 0 Å². The highest BCUT2D eigenvalue weighted by Crippen LogP contribution is 2.56. The minimum Gasteiger partial charge on any atom is -0.143 e. The predicted molar refractivity (Wildman–Crippen MR) is 126 cm³/mol. The molecule has 1 aliphatic carbocycles. The average Bonchev–Trinajstić information content (AvgIpc) is 3.00. The molecule has 0 N–H and O–H groups in total. The SMILES string of the molecule is Sc1ccc(C2(c3ccc(S)cc3)c3ccccc3-c3ccc(Br)cc32)cc1. The Morgan fingerprint density at radius 1 is 0.571 bits per heavy atom. The van der Waals surface area contributed by atoms with Crippen LogP contribution in [0.4, 0.5) is 0 Å². The Morgan fingerprint density at radius 3 is 1.71 bits per heavy atom. The highest BCUT2D eigenvalue weighted by molar-refractivity contribution is 9.10. The summed E-state index contributed by atoms with van der Waals surface area (Å²) in [6.45, 7) is 0. The summed E-state index contributed by atoms with van der Waals surface area (Å²) in [4.78, 5) is 1.93. The van der Waals surface area contributed by atoms with Crippen LogP contribution in [-0.2, 0) is 5.41 Å². The van der Waals surface area contributed by atoms with Crippen molar-refractivity contribution in [2.45, 2.75) is 15.2 Å². The lowest BCUT2D eigenvalue weighted by Crippen LogP contribution is -2.28. The summed E-state index contributed by atoms with van der Waals surface area (Å²) in [7, 11) is 0. The molecule has 0 aromatic heterocycles. The van der Waals surface area contributed by atoms with Crippen molar-refractivity contribution in [1.29, 1.82) is 0 Å². The van der Waals surface area contributed by atoms with E-state index in [2.05, 4.69) is 132 Å². The Bertz CT molecular complexity index is 1130. The van der Waals surface area contributed by atoms with Crippen molar-refractivity contribution in [2.24, 2.45) is 0 Å². The summed E-state index contributed by atoms with van der Waals surface area (Å²) < 4.78 is 1.08. The van der Waals surface area contributed by atoms with Crippen LogP contribution in [0.25, 0.3) is 11.1 Å². The van der Waals surface area contributed by atoms with E-state index in [1.54, 1.807) is 0 Å². The van der Waals surface area contributed by atoms with Gasteiger partial charge in [-0.3, -0.25) is 0 Å². The molecule has 0 heterocycles. The summed E-state index contributed by atoms with van der Waals surface area (Å²) >= 11 is 12.7. The first-order chi connectivity index (χ1) is 13.6. The average molecular weight is 461 g/mol. The summed E-state index contributed by atoms with van der Waals surface area (Å²) in [5.74, 6) is 0. The van der Waals surface area contributed by atoms with Crippen molar-refractivity contribution in [3.8, 4) is 11.1 Å². The van der Waals surface area contributed by atoms with Crippen molar-refractivity contribution in [2.75, 3.05) is 0 Å². The first-order valence-corrected chi connectivity index (χ1v) is 10.8. The first-order valence-electron chi connectivity index (χ1n) is 9.09. The summed E-state index contributed by atoms with van der Waals surface area (Å²) in [5, 5.41) is 0. The van der Waals surface area contributed by atoms with Gasteiger partial charge in [0.25, 0.3) is 0 Å². The Labute approximate surface area is 184 Å². The third-order valence-electron chi connectivity index (χ3n) is 5.61. The smallest absolute Gasteiger partial charge is 0.0713 e. The first kappa shape index (κ1) is 18.1. The third kappa shape index (κ3) is 2.61. The second-order valence-corrected chi connectivity index (χ2v) is 9.03. The van der Waals surface area contributed by atoms with Gasteiger partial charge >= 0.3 is 0 Å². The number of thiol groups is 2. The minimum absolute atomic E-state index is 0.376. The van der Waals surface area contributed by atoms with E-state index in [1.807, 2.05) is 0 Å². The van der Waals surface area contributed by atoms with E-state index < -0.39 is 0 Å². The van der Waals surface area contributed by atoms with Crippen molar-refractivity contribution in [3.05, 3.63) is 118 Å². The molecule has 0 saturated carbocycles. The van der Waals surface area contributed by atoms with Gasteiger partial charge in [-0.05, 0) is 69.8 Å². The van der Waals surface area contributed by atoms with Crippen molar-refractivity contribution < 1.29 is 0 Å². The fourth-order valence-electron chi connectivity index (χ4n) is 4.46. The van der Waals surface area contributed by atoms with Gasteiger partial charge in [0.15, 0.2) is 0 Å². The van der Waals surface area contributed by atoms with Crippen LogP contribution >= 0.6 is 41.2 Å². The molecule has 28 heavy (non-hydrogen) atoms. The zero-order chi connectivity index (χ0) is 19.3. The van der Waals surface area contributed by atoms with Crippen LogP contribution in [-0.4, -0.2) is 0 Å². The molecular formula is C25H17BrS2. The van der Waals surface area contributed by atoms with Gasteiger partial charge in [-0.15, -0.1) is 25.3 Å². The number of halogens is 1. The monoisotopic (exact) mass is 460 g/mol. The van der Waals surface area contributed by atoms with Crippen LogP contribution in [0.2, 0.25) is 0 Å². The Balaban J connectivity index is 1.96. The molecule has 0 bridgehead atoms. The standard InChI is InChI=1S/C25H17BrS2/c26-18-9-14-22-21-3-1-2-4-23(21)25(24(22)15-18,16-5-10-19(27)11-6-16)17-7-12-20(28)13-8-17/h1-15,27-28H. The molecule has 4 aromatic rings. The maximum atomic E-state index is 4.51. The predicted octanol–water partition coefficient (Wildman–Crippen LogP) is 7.39. The molecule has 0 aliphatic heterocycles. The van der Waals surface area contributed by atoms with Crippen LogP contribution in [0, 0.1) is 0 Å². The normalized spacial score (nSPS) is 13.8. The largest absolute Gasteiger partial charge is 0.143 e. The zero-order valence-corrected chi connectivity index (χ0v) is 18.3. The van der Waals surface area contributed by atoms with E-state index in [-0.39, 0.29) is 5.41 Å². The minimum atomic E-state index is -0.376. The summed E-state index contributed by atoms with van der Waals surface area (Å²) in [5.41, 5.74) is 7.27. The fraction of sp³-hybridized carbons (Fsp3) is 0.0400. The number of hydrogen-bond acceptors (Lipinski definition) is 2. The van der Waals surface area contributed by atoms with Crippen LogP contribution < -0.4 is 0 Å². The fourth-order valence-corrected chi connectivity index (χ4v) is 5.12. The Morgan fingerprint density at radius 2 is 1.11 bits per heavy atom. The molecule has 136 valence electrons. The molecule has 0 saturated heterocycles. The van der Waals surface area contributed by atoms with Gasteiger partial charge in [0, 0.05) is 14.3 Å². The van der Waals surface area contributed by atoms with Crippen LogP contribution in [0.15, 0.2) is 105 Å². The molecular weight excluding hydrogens is 444 g/mol. The number of benzene rings is 4. The number of rotatable bonds is 2. The molecule has 0 fully saturated rings. The molecule has 0 atom stereocenters. The second kappa shape index (κ2) is 6.84. The van der Waals surface area contributed by atoms with Gasteiger partial charge in [-0.25, -0.2) is 0 Å². The molecule has 1 aliphatic rings. The maximum absolute atomic E-state index is 4.51. The Kier molecular flexibility index (Phi) is 4.42. The Hall–Kier alpha value is -1.94. The lowest BCUT2D eigenvalue weighted by Gasteiger charge is -2.34. The quantitative estimate of drug-likeness (QED) is 0.252. The molecule has 0 amide bonds. The van der Waals surface area contributed by atoms with Crippen LogP contribution in [0.3, 0.4) is 0 Å². The molecule has 0 nitrogen and oxygen atoms in total. The van der Waals surface area contributed by atoms with Gasteiger partial charge in [0.1, 0.15) is 0 Å².